The number of thiol groups is 1. The number of fused-ring (bicyclic) bond motifs is 1. The molecule has 0 radical (unpaired) electrons. The lowest BCUT2D eigenvalue weighted by molar-refractivity contribution is -0.137. The number of nitrogens with zero attached hydrogens (tertiary/aromatic N) is 3. The summed E-state index contributed by atoms with van der Waals surface area (Å²) in [5.74, 6) is -0.478. The van der Waals surface area contributed by atoms with E-state index in [-0.39, 0.29) is 29.3 Å². The van der Waals surface area contributed by atoms with Gasteiger partial charge in [-0.2, -0.15) is 12.6 Å². The van der Waals surface area contributed by atoms with Crippen molar-refractivity contribution < 1.29 is 14.4 Å². The first kappa shape index (κ1) is 24.7. The molecular weight excluding hydrogens is 496 g/mol. The zero-order chi connectivity index (χ0) is 26.2. The molecule has 1 N–H and O–H groups in total. The summed E-state index contributed by atoms with van der Waals surface area (Å²) in [5.41, 5.74) is 5.43. The number of rotatable bonds is 6. The Hall–Kier alpha value is -3.62. The van der Waals surface area contributed by atoms with E-state index < -0.39 is 6.04 Å². The molecule has 3 aliphatic rings. The van der Waals surface area contributed by atoms with Crippen LogP contribution < -0.4 is 5.32 Å². The maximum absolute atomic E-state index is 13.8. The number of urea groups is 1. The molecule has 38 heavy (non-hydrogen) atoms. The Balaban J connectivity index is 1.23. The van der Waals surface area contributed by atoms with Gasteiger partial charge in [-0.05, 0) is 34.2 Å². The van der Waals surface area contributed by atoms with Crippen LogP contribution in [0.2, 0.25) is 0 Å². The molecule has 7 nitrogen and oxygen atoms in total. The highest BCUT2D eigenvalue weighted by atomic mass is 32.1. The van der Waals surface area contributed by atoms with Crippen LogP contribution in [0.4, 0.5) is 4.79 Å². The fraction of sp³-hybridized carbons (Fsp3) is 0.300. The average molecular weight is 527 g/mol. The van der Waals surface area contributed by atoms with E-state index in [1.807, 2.05) is 58.3 Å². The highest BCUT2D eigenvalue weighted by molar-refractivity contribution is 7.80. The predicted octanol–water partition coefficient (Wildman–Crippen LogP) is 4.26. The zero-order valence-electron chi connectivity index (χ0n) is 21.0. The minimum atomic E-state index is -0.392. The fourth-order valence-corrected chi connectivity index (χ4v) is 6.47. The van der Waals surface area contributed by atoms with Crippen molar-refractivity contribution in [1.29, 1.82) is 0 Å². The van der Waals surface area contributed by atoms with Crippen molar-refractivity contribution in [3.8, 4) is 0 Å². The monoisotopic (exact) mass is 526 g/mol. The second kappa shape index (κ2) is 10.3. The van der Waals surface area contributed by atoms with Gasteiger partial charge in [-0.3, -0.25) is 19.8 Å². The molecule has 2 fully saturated rings. The first-order valence-corrected chi connectivity index (χ1v) is 13.6. The molecule has 3 aromatic rings. The molecule has 2 atom stereocenters. The number of carbonyl (C=O) groups is 3. The van der Waals surface area contributed by atoms with E-state index in [9.17, 15) is 14.4 Å². The topological polar surface area (TPSA) is 73.0 Å². The molecule has 4 amide bonds. The second-order valence-corrected chi connectivity index (χ2v) is 10.6. The minimum absolute atomic E-state index is 0.0164. The van der Waals surface area contributed by atoms with Crippen LogP contribution in [-0.2, 0) is 22.7 Å². The van der Waals surface area contributed by atoms with Crippen molar-refractivity contribution in [1.82, 2.24) is 20.0 Å². The van der Waals surface area contributed by atoms with Gasteiger partial charge in [-0.1, -0.05) is 78.9 Å². The minimum Gasteiger partial charge on any atom is -0.319 e. The number of benzene rings is 3. The predicted molar refractivity (Wildman–Crippen MR) is 147 cm³/mol. The smallest absolute Gasteiger partial charge is 0.319 e. The molecule has 3 aliphatic heterocycles. The van der Waals surface area contributed by atoms with Crippen molar-refractivity contribution in [3.05, 3.63) is 107 Å². The molecule has 6 rings (SSSR count). The van der Waals surface area contributed by atoms with Gasteiger partial charge in [0, 0.05) is 32.6 Å². The molecule has 194 valence electrons. The van der Waals surface area contributed by atoms with Crippen molar-refractivity contribution in [2.45, 2.75) is 43.4 Å². The Labute approximate surface area is 227 Å². The Morgan fingerprint density at radius 1 is 0.868 bits per heavy atom. The number of amides is 4. The third-order valence-electron chi connectivity index (χ3n) is 7.88. The molecule has 0 bridgehead atoms. The maximum atomic E-state index is 13.8. The molecule has 8 heteroatoms. The van der Waals surface area contributed by atoms with Crippen LogP contribution in [-0.4, -0.2) is 51.7 Å². The van der Waals surface area contributed by atoms with Gasteiger partial charge in [-0.25, -0.2) is 4.79 Å². The summed E-state index contributed by atoms with van der Waals surface area (Å²) in [6.45, 7) is 2.34. The van der Waals surface area contributed by atoms with Crippen LogP contribution in [0.25, 0.3) is 0 Å². The first-order chi connectivity index (χ1) is 18.5. The number of piperidine rings is 1. The Morgan fingerprint density at radius 3 is 2.21 bits per heavy atom. The van der Waals surface area contributed by atoms with E-state index in [4.69, 9.17) is 12.6 Å². The molecule has 0 aliphatic carbocycles. The van der Waals surface area contributed by atoms with Crippen LogP contribution in [0.5, 0.6) is 0 Å². The van der Waals surface area contributed by atoms with E-state index in [0.717, 1.165) is 27.8 Å². The standard InChI is InChI=1S/C30H30N4O3S/c35-26-15-14-25(28(36)31-26)34-19-24-22(12-7-13-23(24)29(34)38)18-32-16-17-33(30(32)37)27(20-8-3-1-4-9-20)21-10-5-2-6-11-21/h1-13,25,27,29,38H,14-19H2,(H,31,35,36). The Kier molecular flexibility index (Phi) is 6.68. The maximum Gasteiger partial charge on any atom is 0.321 e. The lowest BCUT2D eigenvalue weighted by atomic mass is 9.97. The van der Waals surface area contributed by atoms with Gasteiger partial charge in [0.1, 0.15) is 0 Å². The van der Waals surface area contributed by atoms with Crippen molar-refractivity contribution >= 4 is 30.5 Å². The summed E-state index contributed by atoms with van der Waals surface area (Å²) in [4.78, 5) is 43.9. The molecule has 0 spiro atoms. The molecule has 3 heterocycles. The highest BCUT2D eigenvalue weighted by Gasteiger charge is 2.41. The molecular formula is C30H30N4O3S. The lowest BCUT2D eigenvalue weighted by Gasteiger charge is -2.32. The van der Waals surface area contributed by atoms with Crippen molar-refractivity contribution in [2.24, 2.45) is 0 Å². The normalized spacial score (nSPS) is 21.8. The van der Waals surface area contributed by atoms with E-state index >= 15 is 0 Å². The SMILES string of the molecule is O=C1CCC(N2Cc3c(CN4CCN(C(c5ccccc5)c5ccccc5)C4=O)cccc3C2S)C(=O)N1. The largest absolute Gasteiger partial charge is 0.321 e. The second-order valence-electron chi connectivity index (χ2n) is 10.1. The fourth-order valence-electron chi connectivity index (χ4n) is 5.98. The van der Waals surface area contributed by atoms with Crippen LogP contribution in [0.1, 0.15) is 52.1 Å². The molecule has 0 saturated carbocycles. The quantitative estimate of drug-likeness (QED) is 0.372. The van der Waals surface area contributed by atoms with Gasteiger partial charge in [0.15, 0.2) is 0 Å². The summed E-state index contributed by atoms with van der Waals surface area (Å²) < 4.78 is 0. The number of hydrogen-bond donors (Lipinski definition) is 2. The van der Waals surface area contributed by atoms with E-state index in [0.29, 0.717) is 39.0 Å². The van der Waals surface area contributed by atoms with E-state index in [1.54, 1.807) is 0 Å². The Morgan fingerprint density at radius 2 is 1.55 bits per heavy atom. The van der Waals surface area contributed by atoms with Crippen LogP contribution in [0.3, 0.4) is 0 Å². The van der Waals surface area contributed by atoms with Gasteiger partial charge in [0.25, 0.3) is 0 Å². The summed E-state index contributed by atoms with van der Waals surface area (Å²) in [6.07, 6.45) is 0.823. The summed E-state index contributed by atoms with van der Waals surface area (Å²) in [7, 11) is 0. The van der Waals surface area contributed by atoms with Crippen LogP contribution in [0.15, 0.2) is 78.9 Å². The number of hydrogen-bond acceptors (Lipinski definition) is 5. The van der Waals surface area contributed by atoms with Crippen LogP contribution in [0, 0.1) is 0 Å². The van der Waals surface area contributed by atoms with Gasteiger partial charge >= 0.3 is 6.03 Å². The molecule has 0 aromatic heterocycles. The number of nitrogens with one attached hydrogen (secondary N) is 1. The third kappa shape index (κ3) is 4.48. The summed E-state index contributed by atoms with van der Waals surface area (Å²) in [6, 6.07) is 25.9. The summed E-state index contributed by atoms with van der Waals surface area (Å²) >= 11 is 4.85. The van der Waals surface area contributed by atoms with Gasteiger partial charge < -0.3 is 9.80 Å². The summed E-state index contributed by atoms with van der Waals surface area (Å²) in [5, 5.41) is 2.23. The zero-order valence-corrected chi connectivity index (χ0v) is 21.9. The van der Waals surface area contributed by atoms with Crippen LogP contribution >= 0.6 is 12.6 Å². The molecule has 3 aromatic carbocycles. The highest BCUT2D eigenvalue weighted by Crippen LogP contribution is 2.41. The lowest BCUT2D eigenvalue weighted by Crippen LogP contribution is -2.51. The molecule has 2 saturated heterocycles. The van der Waals surface area contributed by atoms with E-state index in [2.05, 4.69) is 40.5 Å². The van der Waals surface area contributed by atoms with Gasteiger partial charge in [0.05, 0.1) is 17.5 Å². The number of imide groups is 1. The molecule has 2 unspecified atom stereocenters. The van der Waals surface area contributed by atoms with Gasteiger partial charge in [-0.15, -0.1) is 0 Å². The first-order valence-electron chi connectivity index (χ1n) is 13.0. The average Bonchev–Trinajstić information content (AvgIpc) is 3.46. The Bertz CT molecular complexity index is 1330. The van der Waals surface area contributed by atoms with Crippen molar-refractivity contribution in [2.75, 3.05) is 13.1 Å². The van der Waals surface area contributed by atoms with Gasteiger partial charge in [0.2, 0.25) is 11.8 Å². The van der Waals surface area contributed by atoms with Crippen molar-refractivity contribution in [3.63, 3.8) is 0 Å². The third-order valence-corrected chi connectivity index (χ3v) is 8.46. The number of carbonyl (C=O) groups excluding carboxylic acids is 3. The van der Waals surface area contributed by atoms with E-state index in [1.165, 1.54) is 0 Å².